The van der Waals surface area contributed by atoms with E-state index in [0.717, 1.165) is 61.7 Å². The van der Waals surface area contributed by atoms with E-state index < -0.39 is 0 Å². The van der Waals surface area contributed by atoms with Gasteiger partial charge < -0.3 is 30.9 Å². The van der Waals surface area contributed by atoms with Crippen molar-refractivity contribution in [2.24, 2.45) is 0 Å². The van der Waals surface area contributed by atoms with Gasteiger partial charge in [-0.25, -0.2) is 9.78 Å². The summed E-state index contributed by atoms with van der Waals surface area (Å²) in [6.07, 6.45) is 7.51. The maximum Gasteiger partial charge on any atom is 0.407 e. The van der Waals surface area contributed by atoms with Gasteiger partial charge in [-0.3, -0.25) is 9.89 Å². The lowest BCUT2D eigenvalue weighted by Gasteiger charge is -2.28. The van der Waals surface area contributed by atoms with Crippen molar-refractivity contribution >= 4 is 45.9 Å². The summed E-state index contributed by atoms with van der Waals surface area (Å²) in [6, 6.07) is 10.4. The number of hydrogen-bond acceptors (Lipinski definition) is 8. The highest BCUT2D eigenvalue weighted by atomic mass is 16.5. The number of hydrogen-bond donors (Lipinski definition) is 5. The van der Waals surface area contributed by atoms with Gasteiger partial charge in [0.15, 0.2) is 5.82 Å². The van der Waals surface area contributed by atoms with Crippen LogP contribution in [0.25, 0.3) is 10.9 Å². The number of H-pyrrole nitrogens is 1. The Bertz CT molecular complexity index is 1290. The molecule has 1 saturated heterocycles. The number of rotatable bonds is 10. The SMILES string of the molecule is O=C(CNC1CC1)Nc1ccc(Nc2ccc3[nH]ncc3c2)nc1N1CCC[C@H]1COC(=O)NC1CC1. The first-order valence-electron chi connectivity index (χ1n) is 13.0. The van der Waals surface area contributed by atoms with Crippen molar-refractivity contribution in [3.63, 3.8) is 0 Å². The first-order chi connectivity index (χ1) is 18.1. The highest BCUT2D eigenvalue weighted by Crippen LogP contribution is 2.33. The van der Waals surface area contributed by atoms with E-state index in [1.54, 1.807) is 6.20 Å². The summed E-state index contributed by atoms with van der Waals surface area (Å²) in [5.41, 5.74) is 2.49. The molecule has 2 saturated carbocycles. The number of aromatic amines is 1. The number of benzene rings is 1. The lowest BCUT2D eigenvalue weighted by molar-refractivity contribution is -0.115. The molecule has 11 heteroatoms. The molecule has 3 aliphatic rings. The molecular formula is C26H32N8O3. The molecule has 5 N–H and O–H groups in total. The number of ether oxygens (including phenoxy) is 1. The van der Waals surface area contributed by atoms with Gasteiger partial charge in [-0.15, -0.1) is 0 Å². The van der Waals surface area contributed by atoms with Crippen LogP contribution in [0.15, 0.2) is 36.5 Å². The Labute approximate surface area is 214 Å². The number of pyridine rings is 1. The molecular weight excluding hydrogens is 472 g/mol. The smallest absolute Gasteiger partial charge is 0.407 e. The molecule has 2 amide bonds. The van der Waals surface area contributed by atoms with Gasteiger partial charge in [0.25, 0.3) is 0 Å². The van der Waals surface area contributed by atoms with E-state index in [2.05, 4.69) is 36.4 Å². The summed E-state index contributed by atoms with van der Waals surface area (Å²) in [7, 11) is 0. The van der Waals surface area contributed by atoms with Crippen LogP contribution in [0, 0.1) is 0 Å². The third-order valence-corrected chi connectivity index (χ3v) is 6.95. The zero-order chi connectivity index (χ0) is 25.2. The van der Waals surface area contributed by atoms with Crippen molar-refractivity contribution in [2.45, 2.75) is 56.7 Å². The molecule has 1 aliphatic heterocycles. The molecule has 37 heavy (non-hydrogen) atoms. The number of carbonyl (C=O) groups is 2. The summed E-state index contributed by atoms with van der Waals surface area (Å²) in [5, 5.41) is 20.6. The second-order valence-electron chi connectivity index (χ2n) is 10.1. The first-order valence-corrected chi connectivity index (χ1v) is 13.0. The van der Waals surface area contributed by atoms with Gasteiger partial charge in [0, 0.05) is 29.7 Å². The number of aromatic nitrogens is 3. The number of nitrogens with one attached hydrogen (secondary N) is 5. The number of fused-ring (bicyclic) bond motifs is 1. The second-order valence-corrected chi connectivity index (χ2v) is 10.1. The standard InChI is InChI=1S/C26H32N8O3/c35-24(14-27-17-3-4-17)31-22-9-10-23(29-19-7-8-21-16(12-19)13-28-33-21)32-25(22)34-11-1-2-20(34)15-37-26(36)30-18-5-6-18/h7-10,12-13,17-18,20,27H,1-6,11,14-15H2,(H,28,33)(H,29,32)(H,30,36)(H,31,35)/t20-/m0/s1. The van der Waals surface area contributed by atoms with Gasteiger partial charge in [0.05, 0.1) is 30.0 Å². The molecule has 194 valence electrons. The van der Waals surface area contributed by atoms with E-state index in [1.807, 2.05) is 30.3 Å². The topological polar surface area (TPSA) is 136 Å². The number of carbonyl (C=O) groups excluding carboxylic acids is 2. The Hall–Kier alpha value is -3.86. The normalized spacial score (nSPS) is 19.1. The third kappa shape index (κ3) is 5.93. The van der Waals surface area contributed by atoms with Crippen LogP contribution in [0.4, 0.5) is 27.8 Å². The van der Waals surface area contributed by atoms with Crippen molar-refractivity contribution < 1.29 is 14.3 Å². The molecule has 6 rings (SSSR count). The molecule has 0 unspecified atom stereocenters. The monoisotopic (exact) mass is 504 g/mol. The van der Waals surface area contributed by atoms with Crippen LogP contribution in [0.2, 0.25) is 0 Å². The van der Waals surface area contributed by atoms with Crippen LogP contribution in [-0.4, -0.2) is 65.0 Å². The Morgan fingerprint density at radius 1 is 1.08 bits per heavy atom. The summed E-state index contributed by atoms with van der Waals surface area (Å²) >= 11 is 0. The summed E-state index contributed by atoms with van der Waals surface area (Å²) in [5.74, 6) is 1.23. The van der Waals surface area contributed by atoms with E-state index in [9.17, 15) is 9.59 Å². The van der Waals surface area contributed by atoms with Gasteiger partial charge in [-0.1, -0.05) is 0 Å². The minimum absolute atomic E-state index is 0.0183. The zero-order valence-electron chi connectivity index (χ0n) is 20.6. The molecule has 2 aliphatic carbocycles. The van der Waals surface area contributed by atoms with E-state index in [4.69, 9.17) is 9.72 Å². The van der Waals surface area contributed by atoms with Crippen molar-refractivity contribution in [1.82, 2.24) is 25.8 Å². The van der Waals surface area contributed by atoms with Gasteiger partial charge >= 0.3 is 6.09 Å². The van der Waals surface area contributed by atoms with Gasteiger partial charge in [0.2, 0.25) is 5.91 Å². The Kier molecular flexibility index (Phi) is 6.52. The lowest BCUT2D eigenvalue weighted by atomic mass is 10.2. The van der Waals surface area contributed by atoms with Gasteiger partial charge in [-0.2, -0.15) is 5.10 Å². The molecule has 1 atom stereocenters. The Morgan fingerprint density at radius 2 is 1.95 bits per heavy atom. The third-order valence-electron chi connectivity index (χ3n) is 6.95. The van der Waals surface area contributed by atoms with Crippen molar-refractivity contribution in [1.29, 1.82) is 0 Å². The predicted octanol–water partition coefficient (Wildman–Crippen LogP) is 3.25. The average Bonchev–Trinajstić information content (AvgIpc) is 3.80. The fraction of sp³-hybridized carbons (Fsp3) is 0.462. The molecule has 3 heterocycles. The van der Waals surface area contributed by atoms with Crippen LogP contribution in [-0.2, 0) is 9.53 Å². The van der Waals surface area contributed by atoms with Crippen molar-refractivity contribution in [2.75, 3.05) is 35.2 Å². The maximum absolute atomic E-state index is 12.7. The van der Waals surface area contributed by atoms with Crippen LogP contribution in [0.1, 0.15) is 38.5 Å². The molecule has 0 radical (unpaired) electrons. The van der Waals surface area contributed by atoms with E-state index >= 15 is 0 Å². The number of nitrogens with zero attached hydrogens (tertiary/aromatic N) is 3. The quantitative estimate of drug-likeness (QED) is 0.284. The van der Waals surface area contributed by atoms with Crippen LogP contribution < -0.4 is 26.2 Å². The largest absolute Gasteiger partial charge is 0.447 e. The van der Waals surface area contributed by atoms with E-state index in [-0.39, 0.29) is 37.2 Å². The summed E-state index contributed by atoms with van der Waals surface area (Å²) in [4.78, 5) is 31.8. The number of alkyl carbamates (subject to hydrolysis) is 1. The van der Waals surface area contributed by atoms with E-state index in [0.29, 0.717) is 23.4 Å². The Balaban J connectivity index is 1.21. The zero-order valence-corrected chi connectivity index (χ0v) is 20.6. The molecule has 1 aromatic carbocycles. The van der Waals surface area contributed by atoms with Crippen LogP contribution in [0.5, 0.6) is 0 Å². The molecule has 3 aromatic rings. The molecule has 3 fully saturated rings. The number of anilines is 4. The summed E-state index contributed by atoms with van der Waals surface area (Å²) < 4.78 is 5.54. The van der Waals surface area contributed by atoms with Gasteiger partial charge in [-0.05, 0) is 68.9 Å². The minimum Gasteiger partial charge on any atom is -0.447 e. The molecule has 2 aromatic heterocycles. The molecule has 11 nitrogen and oxygen atoms in total. The number of amides is 2. The van der Waals surface area contributed by atoms with Gasteiger partial charge in [0.1, 0.15) is 12.4 Å². The summed E-state index contributed by atoms with van der Waals surface area (Å²) in [6.45, 7) is 1.30. The second kappa shape index (κ2) is 10.3. The fourth-order valence-electron chi connectivity index (χ4n) is 4.62. The average molecular weight is 505 g/mol. The van der Waals surface area contributed by atoms with Crippen molar-refractivity contribution in [3.05, 3.63) is 36.5 Å². The fourth-order valence-corrected chi connectivity index (χ4v) is 4.62. The van der Waals surface area contributed by atoms with E-state index in [1.165, 1.54) is 0 Å². The lowest BCUT2D eigenvalue weighted by Crippen LogP contribution is -2.37. The van der Waals surface area contributed by atoms with Crippen LogP contribution in [0.3, 0.4) is 0 Å². The highest BCUT2D eigenvalue weighted by molar-refractivity contribution is 5.95. The minimum atomic E-state index is -0.368. The van der Waals surface area contributed by atoms with Crippen LogP contribution >= 0.6 is 0 Å². The Morgan fingerprint density at radius 3 is 2.78 bits per heavy atom. The molecule has 0 spiro atoms. The highest BCUT2D eigenvalue weighted by Gasteiger charge is 2.31. The predicted molar refractivity (Wildman–Crippen MR) is 141 cm³/mol. The van der Waals surface area contributed by atoms with Crippen molar-refractivity contribution in [3.8, 4) is 0 Å². The first kappa shape index (κ1) is 23.5. The maximum atomic E-state index is 12.7. The molecule has 0 bridgehead atoms.